The first-order valence-electron chi connectivity index (χ1n) is 5.34. The van der Waals surface area contributed by atoms with Gasteiger partial charge < -0.3 is 20.3 Å². The quantitative estimate of drug-likeness (QED) is 0.586. The molecule has 1 rings (SSSR count). The van der Waals surface area contributed by atoms with Gasteiger partial charge in [-0.25, -0.2) is 4.79 Å². The second-order valence-corrected chi connectivity index (χ2v) is 3.90. The van der Waals surface area contributed by atoms with Gasteiger partial charge in [0, 0.05) is 6.61 Å². The molecule has 3 N–H and O–H groups in total. The highest BCUT2D eigenvalue weighted by Crippen LogP contribution is 2.15. The molecule has 1 aliphatic rings. The number of ether oxygens (including phenoxy) is 1. The molecule has 0 aromatic carbocycles. The highest BCUT2D eigenvalue weighted by atomic mass is 16.5. The molecule has 7 nitrogen and oxygen atoms in total. The van der Waals surface area contributed by atoms with Crippen molar-refractivity contribution in [1.29, 1.82) is 0 Å². The standard InChI is InChI=1S/C10H15NO6/c12-8(4-6-2-1-3-17-6)11-7(10(15)16)5-9(13)14/h6-7H,1-5H2,(H,11,12)(H,13,14)(H,15,16)/t6?,7-/m1/s1. The number of amides is 1. The first kappa shape index (κ1) is 13.4. The van der Waals surface area contributed by atoms with Crippen LogP contribution in [0.5, 0.6) is 0 Å². The van der Waals surface area contributed by atoms with Crippen molar-refractivity contribution < 1.29 is 29.3 Å². The largest absolute Gasteiger partial charge is 0.481 e. The minimum atomic E-state index is -1.39. The minimum absolute atomic E-state index is 0.0728. The first-order valence-corrected chi connectivity index (χ1v) is 5.34. The Kier molecular flexibility index (Phi) is 4.89. The molecule has 2 atom stereocenters. The molecule has 1 fully saturated rings. The van der Waals surface area contributed by atoms with E-state index < -0.39 is 30.3 Å². The average Bonchev–Trinajstić information content (AvgIpc) is 2.68. The number of carboxylic acid groups (broad SMARTS) is 2. The molecule has 0 bridgehead atoms. The van der Waals surface area contributed by atoms with E-state index in [4.69, 9.17) is 14.9 Å². The van der Waals surface area contributed by atoms with E-state index in [2.05, 4.69) is 5.32 Å². The zero-order chi connectivity index (χ0) is 12.8. The predicted octanol–water partition coefficient (Wildman–Crippen LogP) is -0.400. The number of hydrogen-bond acceptors (Lipinski definition) is 4. The maximum Gasteiger partial charge on any atom is 0.326 e. The van der Waals surface area contributed by atoms with Crippen molar-refractivity contribution in [3.05, 3.63) is 0 Å². The van der Waals surface area contributed by atoms with Crippen molar-refractivity contribution in [3.63, 3.8) is 0 Å². The lowest BCUT2D eigenvalue weighted by atomic mass is 10.1. The lowest BCUT2D eigenvalue weighted by Gasteiger charge is -2.14. The Bertz CT molecular complexity index is 310. The molecule has 1 aliphatic heterocycles. The Balaban J connectivity index is 2.40. The zero-order valence-corrected chi connectivity index (χ0v) is 9.22. The van der Waals surface area contributed by atoms with E-state index in [-0.39, 0.29) is 12.5 Å². The summed E-state index contributed by atoms with van der Waals surface area (Å²) in [6.45, 7) is 0.607. The molecule has 96 valence electrons. The second kappa shape index (κ2) is 6.19. The number of carbonyl (C=O) groups excluding carboxylic acids is 1. The van der Waals surface area contributed by atoms with Crippen LogP contribution in [0.1, 0.15) is 25.7 Å². The summed E-state index contributed by atoms with van der Waals surface area (Å²) in [6.07, 6.45) is 0.907. The van der Waals surface area contributed by atoms with Gasteiger partial charge in [0.05, 0.1) is 18.9 Å². The van der Waals surface area contributed by atoms with Crippen molar-refractivity contribution in [2.45, 2.75) is 37.8 Å². The lowest BCUT2D eigenvalue weighted by molar-refractivity contribution is -0.147. The van der Waals surface area contributed by atoms with E-state index in [1.54, 1.807) is 0 Å². The van der Waals surface area contributed by atoms with Crippen molar-refractivity contribution in [3.8, 4) is 0 Å². The third-order valence-electron chi connectivity index (χ3n) is 2.45. The van der Waals surface area contributed by atoms with Gasteiger partial charge in [0.25, 0.3) is 0 Å². The molecular formula is C10H15NO6. The van der Waals surface area contributed by atoms with Crippen molar-refractivity contribution in [2.75, 3.05) is 6.61 Å². The molecular weight excluding hydrogens is 230 g/mol. The summed E-state index contributed by atoms with van der Waals surface area (Å²) < 4.78 is 5.22. The minimum Gasteiger partial charge on any atom is -0.481 e. The van der Waals surface area contributed by atoms with Gasteiger partial charge in [-0.05, 0) is 12.8 Å². The normalized spacial score (nSPS) is 20.8. The molecule has 1 heterocycles. The number of rotatable bonds is 6. The highest BCUT2D eigenvalue weighted by molar-refractivity contribution is 5.86. The molecule has 1 amide bonds. The molecule has 7 heteroatoms. The summed E-state index contributed by atoms with van der Waals surface area (Å²) in [6, 6.07) is -1.39. The summed E-state index contributed by atoms with van der Waals surface area (Å²) in [5.74, 6) is -3.12. The topological polar surface area (TPSA) is 113 Å². The van der Waals surface area contributed by atoms with Crippen LogP contribution in [0.15, 0.2) is 0 Å². The van der Waals surface area contributed by atoms with Gasteiger partial charge in [-0.3, -0.25) is 9.59 Å². The summed E-state index contributed by atoms with van der Waals surface area (Å²) in [5, 5.41) is 19.4. The third-order valence-corrected chi connectivity index (χ3v) is 2.45. The molecule has 17 heavy (non-hydrogen) atoms. The third kappa shape index (κ3) is 4.81. The van der Waals surface area contributed by atoms with Crippen LogP contribution < -0.4 is 5.32 Å². The van der Waals surface area contributed by atoms with Crippen molar-refractivity contribution in [1.82, 2.24) is 5.32 Å². The number of aliphatic carboxylic acids is 2. The predicted molar refractivity (Wildman–Crippen MR) is 55.4 cm³/mol. The van der Waals surface area contributed by atoms with Crippen LogP contribution in [0.25, 0.3) is 0 Å². The number of carbonyl (C=O) groups is 3. The Morgan fingerprint density at radius 2 is 2.06 bits per heavy atom. The number of carboxylic acids is 2. The monoisotopic (exact) mass is 245 g/mol. The van der Waals surface area contributed by atoms with Crippen LogP contribution in [0.2, 0.25) is 0 Å². The van der Waals surface area contributed by atoms with Crippen LogP contribution in [0.4, 0.5) is 0 Å². The summed E-state index contributed by atoms with van der Waals surface area (Å²) in [5.41, 5.74) is 0. The fourth-order valence-electron chi connectivity index (χ4n) is 1.64. The number of hydrogen-bond donors (Lipinski definition) is 3. The van der Waals surface area contributed by atoms with E-state index in [1.165, 1.54) is 0 Å². The maximum atomic E-state index is 11.4. The molecule has 0 radical (unpaired) electrons. The van der Waals surface area contributed by atoms with E-state index in [1.807, 2.05) is 0 Å². The van der Waals surface area contributed by atoms with Gasteiger partial charge in [0.15, 0.2) is 0 Å². The average molecular weight is 245 g/mol. The van der Waals surface area contributed by atoms with Crippen LogP contribution >= 0.6 is 0 Å². The molecule has 1 saturated heterocycles. The lowest BCUT2D eigenvalue weighted by Crippen LogP contribution is -2.43. The second-order valence-electron chi connectivity index (χ2n) is 3.90. The fourth-order valence-corrected chi connectivity index (χ4v) is 1.64. The van der Waals surface area contributed by atoms with Gasteiger partial charge in [-0.1, -0.05) is 0 Å². The van der Waals surface area contributed by atoms with Gasteiger partial charge in [0.1, 0.15) is 6.04 Å². The highest BCUT2D eigenvalue weighted by Gasteiger charge is 2.25. The fraction of sp³-hybridized carbons (Fsp3) is 0.700. The smallest absolute Gasteiger partial charge is 0.326 e. The van der Waals surface area contributed by atoms with Crippen LogP contribution in [0, 0.1) is 0 Å². The van der Waals surface area contributed by atoms with E-state index in [0.29, 0.717) is 6.61 Å². The Morgan fingerprint density at radius 1 is 1.35 bits per heavy atom. The van der Waals surface area contributed by atoms with Crippen LogP contribution in [-0.2, 0) is 19.1 Å². The van der Waals surface area contributed by atoms with Crippen LogP contribution in [0.3, 0.4) is 0 Å². The van der Waals surface area contributed by atoms with Gasteiger partial charge in [-0.15, -0.1) is 0 Å². The van der Waals surface area contributed by atoms with E-state index in [9.17, 15) is 14.4 Å². The maximum absolute atomic E-state index is 11.4. The molecule has 0 aromatic heterocycles. The summed E-state index contributed by atoms with van der Waals surface area (Å²) in [7, 11) is 0. The van der Waals surface area contributed by atoms with Crippen molar-refractivity contribution in [2.24, 2.45) is 0 Å². The van der Waals surface area contributed by atoms with Gasteiger partial charge >= 0.3 is 11.9 Å². The number of nitrogens with one attached hydrogen (secondary N) is 1. The Morgan fingerprint density at radius 3 is 2.53 bits per heavy atom. The molecule has 0 spiro atoms. The van der Waals surface area contributed by atoms with Crippen LogP contribution in [-0.4, -0.2) is 46.8 Å². The zero-order valence-electron chi connectivity index (χ0n) is 9.22. The summed E-state index contributed by atoms with van der Waals surface area (Å²) >= 11 is 0. The SMILES string of the molecule is O=C(O)C[C@@H](NC(=O)CC1CCCO1)C(=O)O. The summed E-state index contributed by atoms with van der Waals surface area (Å²) in [4.78, 5) is 32.5. The molecule has 1 unspecified atom stereocenters. The van der Waals surface area contributed by atoms with E-state index >= 15 is 0 Å². The molecule has 0 saturated carbocycles. The van der Waals surface area contributed by atoms with Gasteiger partial charge in [0.2, 0.25) is 5.91 Å². The molecule has 0 aromatic rings. The van der Waals surface area contributed by atoms with Crippen molar-refractivity contribution >= 4 is 17.8 Å². The Labute approximate surface area is 97.8 Å². The van der Waals surface area contributed by atoms with Gasteiger partial charge in [-0.2, -0.15) is 0 Å². The molecule has 0 aliphatic carbocycles. The van der Waals surface area contributed by atoms with E-state index in [0.717, 1.165) is 12.8 Å². The first-order chi connectivity index (χ1) is 7.99. The Hall–Kier alpha value is -1.63.